The third-order valence-corrected chi connectivity index (χ3v) is 5.24. The normalized spacial score (nSPS) is 12.5. The molecule has 2 amide bonds. The molecule has 3 N–H and O–H groups in total. The van der Waals surface area contributed by atoms with Crippen LogP contribution in [0.3, 0.4) is 0 Å². The summed E-state index contributed by atoms with van der Waals surface area (Å²) in [4.78, 5) is 13.5. The molecule has 0 unspecified atom stereocenters. The number of benzene rings is 1. The van der Waals surface area contributed by atoms with Crippen LogP contribution in [0.5, 0.6) is 0 Å². The summed E-state index contributed by atoms with van der Waals surface area (Å²) < 4.78 is 102. The lowest BCUT2D eigenvalue weighted by atomic mass is 10.2. The van der Waals surface area contributed by atoms with Gasteiger partial charge >= 0.3 is 18.4 Å². The van der Waals surface area contributed by atoms with Crippen molar-refractivity contribution in [2.45, 2.75) is 17.2 Å². The van der Waals surface area contributed by atoms with Gasteiger partial charge in [0.1, 0.15) is 4.90 Å². The van der Waals surface area contributed by atoms with E-state index in [0.717, 1.165) is 12.1 Å². The highest BCUT2D eigenvalue weighted by Gasteiger charge is 2.40. The van der Waals surface area contributed by atoms with E-state index in [1.165, 1.54) is 0 Å². The number of urea groups is 1. The Morgan fingerprint density at radius 2 is 1.69 bits per heavy atom. The molecule has 7 nitrogen and oxygen atoms in total. The molecule has 0 aliphatic carbocycles. The number of nitrogens with one attached hydrogen (secondary N) is 1. The maximum Gasteiger partial charge on any atom is 0.417 e. The second-order valence-corrected chi connectivity index (χ2v) is 7.43. The lowest BCUT2D eigenvalue weighted by Gasteiger charge is -2.23. The second kappa shape index (κ2) is 7.59. The predicted octanol–water partition coefficient (Wildman–Crippen LogP) is 3.87. The molecule has 0 saturated heterocycles. The number of rotatable bonds is 4. The minimum absolute atomic E-state index is 0.268. The number of primary amides is 1. The van der Waals surface area contributed by atoms with Crippen LogP contribution in [0.25, 0.3) is 0 Å². The summed E-state index contributed by atoms with van der Waals surface area (Å²) in [6.07, 6.45) is -9.66. The Morgan fingerprint density at radius 1 is 1.10 bits per heavy atom. The molecule has 158 valence electrons. The molecular formula is C14H9ClF6N4O3S. The number of anilines is 1. The minimum atomic E-state index is -5.26. The SMILES string of the molecule is NC(=O)N(Nc1ncc(C(F)(F)F)cc1Cl)S(=O)(=O)c1ccccc1C(F)(F)F. The van der Waals surface area contributed by atoms with Crippen molar-refractivity contribution in [2.24, 2.45) is 5.73 Å². The number of halogens is 7. The maximum absolute atomic E-state index is 13.1. The monoisotopic (exact) mass is 462 g/mol. The first-order valence-corrected chi connectivity index (χ1v) is 8.98. The van der Waals surface area contributed by atoms with Gasteiger partial charge < -0.3 is 5.73 Å². The molecule has 15 heteroatoms. The largest absolute Gasteiger partial charge is 0.417 e. The zero-order chi connectivity index (χ0) is 22.2. The van der Waals surface area contributed by atoms with Gasteiger partial charge in [-0.3, -0.25) is 5.43 Å². The van der Waals surface area contributed by atoms with Crippen LogP contribution in [0.15, 0.2) is 41.4 Å². The number of carbonyl (C=O) groups is 1. The number of hydrazine groups is 1. The fourth-order valence-electron chi connectivity index (χ4n) is 2.03. The Bertz CT molecular complexity index is 1040. The van der Waals surface area contributed by atoms with Crippen LogP contribution in [0.1, 0.15) is 11.1 Å². The zero-order valence-corrected chi connectivity index (χ0v) is 15.3. The molecule has 1 heterocycles. The average molecular weight is 463 g/mol. The molecular weight excluding hydrogens is 454 g/mol. The Kier molecular flexibility index (Phi) is 5.90. The first-order chi connectivity index (χ1) is 13.2. The molecule has 0 atom stereocenters. The van der Waals surface area contributed by atoms with Crippen LogP contribution in [0.2, 0.25) is 5.02 Å². The van der Waals surface area contributed by atoms with Gasteiger partial charge in [0.25, 0.3) is 10.0 Å². The van der Waals surface area contributed by atoms with Crippen molar-refractivity contribution >= 4 is 33.5 Å². The lowest BCUT2D eigenvalue weighted by molar-refractivity contribution is -0.140. The number of amides is 2. The quantitative estimate of drug-likeness (QED) is 0.530. The number of hydrogen-bond acceptors (Lipinski definition) is 5. The molecule has 0 radical (unpaired) electrons. The second-order valence-electron chi connectivity index (χ2n) is 5.27. The smallest absolute Gasteiger partial charge is 0.349 e. The van der Waals surface area contributed by atoms with Crippen molar-refractivity contribution in [3.8, 4) is 0 Å². The molecule has 0 spiro atoms. The van der Waals surface area contributed by atoms with Crippen molar-refractivity contribution < 1.29 is 39.6 Å². The summed E-state index contributed by atoms with van der Waals surface area (Å²) in [6.45, 7) is 0. The number of hydrogen-bond donors (Lipinski definition) is 2. The molecule has 0 fully saturated rings. The highest BCUT2D eigenvalue weighted by molar-refractivity contribution is 7.89. The number of pyridine rings is 1. The lowest BCUT2D eigenvalue weighted by Crippen LogP contribution is -2.45. The van der Waals surface area contributed by atoms with E-state index < -0.39 is 59.7 Å². The van der Waals surface area contributed by atoms with Crippen molar-refractivity contribution in [1.82, 2.24) is 9.40 Å². The van der Waals surface area contributed by atoms with Gasteiger partial charge in [-0.05, 0) is 18.2 Å². The highest BCUT2D eigenvalue weighted by atomic mass is 35.5. The molecule has 0 bridgehead atoms. The summed E-state index contributed by atoms with van der Waals surface area (Å²) in [5, 5.41) is -0.773. The number of nitrogens with two attached hydrogens (primary N) is 1. The van der Waals surface area contributed by atoms with Crippen molar-refractivity contribution in [1.29, 1.82) is 0 Å². The summed E-state index contributed by atoms with van der Waals surface area (Å²) in [6, 6.07) is 1.47. The molecule has 1 aromatic heterocycles. The Hall–Kier alpha value is -2.74. The van der Waals surface area contributed by atoms with Gasteiger partial charge in [0.15, 0.2) is 5.82 Å². The first kappa shape index (κ1) is 22.5. The Morgan fingerprint density at radius 3 is 2.17 bits per heavy atom. The van der Waals surface area contributed by atoms with Gasteiger partial charge in [-0.25, -0.2) is 9.78 Å². The maximum atomic E-state index is 13.1. The Labute approximate surface area is 164 Å². The third kappa shape index (κ3) is 4.82. The average Bonchev–Trinajstić information content (AvgIpc) is 2.58. The summed E-state index contributed by atoms with van der Waals surface area (Å²) in [7, 11) is -5.26. The van der Waals surface area contributed by atoms with E-state index in [1.54, 1.807) is 5.43 Å². The van der Waals surface area contributed by atoms with Gasteiger partial charge in [-0.2, -0.15) is 34.8 Å². The van der Waals surface area contributed by atoms with Gasteiger partial charge in [-0.15, -0.1) is 4.41 Å². The van der Waals surface area contributed by atoms with Crippen molar-refractivity contribution in [2.75, 3.05) is 5.43 Å². The fourth-order valence-corrected chi connectivity index (χ4v) is 3.59. The molecule has 0 aliphatic heterocycles. The third-order valence-electron chi connectivity index (χ3n) is 3.29. The fraction of sp³-hybridized carbons (Fsp3) is 0.143. The summed E-state index contributed by atoms with van der Waals surface area (Å²) in [5.41, 5.74) is 3.78. The zero-order valence-electron chi connectivity index (χ0n) is 13.7. The number of alkyl halides is 6. The van der Waals surface area contributed by atoms with Crippen LogP contribution in [0, 0.1) is 0 Å². The molecule has 2 rings (SSSR count). The summed E-state index contributed by atoms with van der Waals surface area (Å²) in [5.74, 6) is -0.772. The summed E-state index contributed by atoms with van der Waals surface area (Å²) >= 11 is 5.61. The van der Waals surface area contributed by atoms with E-state index in [0.29, 0.717) is 18.2 Å². The topological polar surface area (TPSA) is 105 Å². The van der Waals surface area contributed by atoms with E-state index in [9.17, 15) is 39.6 Å². The van der Waals surface area contributed by atoms with E-state index in [2.05, 4.69) is 4.98 Å². The molecule has 1 aromatic carbocycles. The van der Waals surface area contributed by atoms with E-state index in [4.69, 9.17) is 17.3 Å². The van der Waals surface area contributed by atoms with Gasteiger partial charge in [-0.1, -0.05) is 23.7 Å². The van der Waals surface area contributed by atoms with E-state index >= 15 is 0 Å². The molecule has 2 aromatic rings. The van der Waals surface area contributed by atoms with Crippen LogP contribution >= 0.6 is 11.6 Å². The van der Waals surface area contributed by atoms with E-state index in [1.807, 2.05) is 0 Å². The van der Waals surface area contributed by atoms with Crippen LogP contribution in [-0.2, 0) is 22.4 Å². The van der Waals surface area contributed by atoms with Crippen molar-refractivity contribution in [3.63, 3.8) is 0 Å². The van der Waals surface area contributed by atoms with Crippen LogP contribution < -0.4 is 11.2 Å². The van der Waals surface area contributed by atoms with Gasteiger partial charge in [0.05, 0.1) is 16.1 Å². The number of nitrogens with zero attached hydrogens (tertiary/aromatic N) is 2. The minimum Gasteiger partial charge on any atom is -0.349 e. The first-order valence-electron chi connectivity index (χ1n) is 7.16. The van der Waals surface area contributed by atoms with Gasteiger partial charge in [0, 0.05) is 6.20 Å². The molecule has 29 heavy (non-hydrogen) atoms. The number of aromatic nitrogens is 1. The van der Waals surface area contributed by atoms with Crippen LogP contribution in [-0.4, -0.2) is 23.8 Å². The van der Waals surface area contributed by atoms with Crippen molar-refractivity contribution in [3.05, 3.63) is 52.7 Å². The molecule has 0 saturated carbocycles. The van der Waals surface area contributed by atoms with Crippen LogP contribution in [0.4, 0.5) is 37.0 Å². The number of sulfonamides is 1. The van der Waals surface area contributed by atoms with Gasteiger partial charge in [0.2, 0.25) is 0 Å². The standard InChI is InChI=1S/C14H9ClF6N4O3S/c15-9-5-7(13(16,17)18)6-23-11(9)24-25(12(22)26)29(27,28)10-4-2-1-3-8(10)14(19,20)21/h1-6H,(H2,22,26)(H,23,24). The van der Waals surface area contributed by atoms with E-state index in [-0.39, 0.29) is 6.20 Å². The number of carbonyl (C=O) groups excluding carboxylic acids is 1. The Balaban J connectivity index is 2.52. The predicted molar refractivity (Wildman–Crippen MR) is 87.9 cm³/mol. The molecule has 0 aliphatic rings. The highest BCUT2D eigenvalue weighted by Crippen LogP contribution is 2.36.